The fourth-order valence-electron chi connectivity index (χ4n) is 1.87. The Hall–Kier alpha value is -0.0400. The summed E-state index contributed by atoms with van der Waals surface area (Å²) in [4.78, 5) is 0. The van der Waals surface area contributed by atoms with Crippen LogP contribution in [0.2, 0.25) is 0 Å². The van der Waals surface area contributed by atoms with E-state index >= 15 is 0 Å². The fraction of sp³-hybridized carbons (Fsp3) is 1.00. The molecular formula is C12H25O. The van der Waals surface area contributed by atoms with Crippen molar-refractivity contribution in [3.63, 3.8) is 0 Å². The first-order chi connectivity index (χ1) is 6.35. The van der Waals surface area contributed by atoms with Gasteiger partial charge in [0.15, 0.2) is 0 Å². The zero-order chi connectivity index (χ0) is 9.94. The van der Waals surface area contributed by atoms with Crippen LogP contribution in [0.1, 0.15) is 65.2 Å². The molecule has 0 aromatic heterocycles. The Labute approximate surface area is 83.5 Å². The van der Waals surface area contributed by atoms with Gasteiger partial charge in [0.25, 0.3) is 0 Å². The average molecular weight is 185 g/mol. The van der Waals surface area contributed by atoms with Crippen LogP contribution in [0.4, 0.5) is 0 Å². The first kappa shape index (κ1) is 13.0. The van der Waals surface area contributed by atoms with Crippen LogP contribution < -0.4 is 0 Å². The second-order valence-electron chi connectivity index (χ2n) is 4.00. The number of hydrogen-bond acceptors (Lipinski definition) is 0. The van der Waals surface area contributed by atoms with Crippen LogP contribution in [0, 0.1) is 5.92 Å². The second-order valence-corrected chi connectivity index (χ2v) is 4.00. The van der Waals surface area contributed by atoms with Gasteiger partial charge in [0.1, 0.15) is 0 Å². The SMILES string of the molecule is CCCCC(CCC)CCCC[O]. The molecule has 0 heterocycles. The van der Waals surface area contributed by atoms with E-state index in [1.807, 2.05) is 0 Å². The Morgan fingerprint density at radius 2 is 1.54 bits per heavy atom. The third-order valence-corrected chi connectivity index (χ3v) is 2.67. The van der Waals surface area contributed by atoms with E-state index in [1.165, 1.54) is 38.5 Å². The highest BCUT2D eigenvalue weighted by Crippen LogP contribution is 2.20. The van der Waals surface area contributed by atoms with Gasteiger partial charge in [-0.05, 0) is 12.3 Å². The predicted octanol–water partition coefficient (Wildman–Crippen LogP) is 4.19. The molecule has 0 saturated heterocycles. The van der Waals surface area contributed by atoms with E-state index in [2.05, 4.69) is 13.8 Å². The van der Waals surface area contributed by atoms with Crippen LogP contribution in [-0.2, 0) is 5.11 Å². The van der Waals surface area contributed by atoms with Crippen LogP contribution in [0.25, 0.3) is 0 Å². The first-order valence-electron chi connectivity index (χ1n) is 5.93. The number of unbranched alkanes of at least 4 members (excludes halogenated alkanes) is 2. The molecule has 0 aliphatic carbocycles. The monoisotopic (exact) mass is 185 g/mol. The van der Waals surface area contributed by atoms with Crippen LogP contribution in [-0.4, -0.2) is 6.61 Å². The maximum atomic E-state index is 10.3. The smallest absolute Gasteiger partial charge is 0.0822 e. The maximum absolute atomic E-state index is 10.3. The molecule has 0 saturated carbocycles. The van der Waals surface area contributed by atoms with E-state index in [0.717, 1.165) is 18.8 Å². The summed E-state index contributed by atoms with van der Waals surface area (Å²) in [6, 6.07) is 0. The van der Waals surface area contributed by atoms with E-state index in [4.69, 9.17) is 0 Å². The van der Waals surface area contributed by atoms with Crippen molar-refractivity contribution in [3.8, 4) is 0 Å². The quantitative estimate of drug-likeness (QED) is 0.480. The van der Waals surface area contributed by atoms with E-state index in [-0.39, 0.29) is 6.61 Å². The molecule has 0 N–H and O–H groups in total. The third kappa shape index (κ3) is 8.29. The second kappa shape index (κ2) is 10.0. The molecule has 0 bridgehead atoms. The van der Waals surface area contributed by atoms with Crippen molar-refractivity contribution in [2.75, 3.05) is 6.61 Å². The van der Waals surface area contributed by atoms with E-state index in [0.29, 0.717) is 0 Å². The molecule has 13 heavy (non-hydrogen) atoms. The van der Waals surface area contributed by atoms with Crippen LogP contribution >= 0.6 is 0 Å². The molecule has 0 rings (SSSR count). The summed E-state index contributed by atoms with van der Waals surface area (Å²) in [5.41, 5.74) is 0. The van der Waals surface area contributed by atoms with Gasteiger partial charge in [-0.2, -0.15) is 0 Å². The van der Waals surface area contributed by atoms with Crippen LogP contribution in [0.5, 0.6) is 0 Å². The van der Waals surface area contributed by atoms with Crippen molar-refractivity contribution in [1.29, 1.82) is 0 Å². The summed E-state index contributed by atoms with van der Waals surface area (Å²) in [6.45, 7) is 4.62. The minimum Gasteiger partial charge on any atom is -0.237 e. The molecule has 79 valence electrons. The standard InChI is InChI=1S/C12H25O/c1-3-5-9-12(8-4-2)10-6-7-11-13/h12H,3-11H2,1-2H3. The van der Waals surface area contributed by atoms with Crippen molar-refractivity contribution in [3.05, 3.63) is 0 Å². The Bertz CT molecular complexity index is 91.1. The molecule has 0 aliphatic heterocycles. The molecule has 0 fully saturated rings. The lowest BCUT2D eigenvalue weighted by atomic mass is 9.92. The largest absolute Gasteiger partial charge is 0.237 e. The molecule has 1 radical (unpaired) electrons. The summed E-state index contributed by atoms with van der Waals surface area (Å²) >= 11 is 0. The average Bonchev–Trinajstić information content (AvgIpc) is 2.14. The summed E-state index contributed by atoms with van der Waals surface area (Å²) in [5.74, 6) is 0.900. The maximum Gasteiger partial charge on any atom is 0.0822 e. The van der Waals surface area contributed by atoms with Crippen molar-refractivity contribution < 1.29 is 5.11 Å². The fourth-order valence-corrected chi connectivity index (χ4v) is 1.87. The van der Waals surface area contributed by atoms with Gasteiger partial charge in [0, 0.05) is 0 Å². The predicted molar refractivity (Wildman–Crippen MR) is 57.3 cm³/mol. The van der Waals surface area contributed by atoms with Gasteiger partial charge in [-0.1, -0.05) is 58.8 Å². The molecule has 1 nitrogen and oxygen atoms in total. The van der Waals surface area contributed by atoms with Crippen molar-refractivity contribution >= 4 is 0 Å². The van der Waals surface area contributed by atoms with E-state index in [1.54, 1.807) is 0 Å². The lowest BCUT2D eigenvalue weighted by Gasteiger charge is -2.14. The Balaban J connectivity index is 3.41. The van der Waals surface area contributed by atoms with Gasteiger partial charge in [-0.25, -0.2) is 5.11 Å². The summed E-state index contributed by atoms with van der Waals surface area (Å²) < 4.78 is 0. The molecule has 0 amide bonds. The van der Waals surface area contributed by atoms with Crippen LogP contribution in [0.3, 0.4) is 0 Å². The molecule has 0 aromatic carbocycles. The van der Waals surface area contributed by atoms with Gasteiger partial charge in [-0.15, -0.1) is 0 Å². The highest BCUT2D eigenvalue weighted by molar-refractivity contribution is 4.59. The lowest BCUT2D eigenvalue weighted by molar-refractivity contribution is 0.183. The van der Waals surface area contributed by atoms with Crippen molar-refractivity contribution in [2.24, 2.45) is 5.92 Å². The first-order valence-corrected chi connectivity index (χ1v) is 5.93. The number of rotatable bonds is 9. The molecular weight excluding hydrogens is 160 g/mol. The van der Waals surface area contributed by atoms with E-state index < -0.39 is 0 Å². The van der Waals surface area contributed by atoms with Gasteiger partial charge in [0.2, 0.25) is 0 Å². The highest BCUT2D eigenvalue weighted by atomic mass is 16.2. The molecule has 0 aliphatic rings. The zero-order valence-electron chi connectivity index (χ0n) is 9.35. The lowest BCUT2D eigenvalue weighted by Crippen LogP contribution is -2.00. The topological polar surface area (TPSA) is 19.9 Å². The van der Waals surface area contributed by atoms with E-state index in [9.17, 15) is 5.11 Å². The van der Waals surface area contributed by atoms with Gasteiger partial charge >= 0.3 is 0 Å². The molecule has 0 aromatic rings. The zero-order valence-corrected chi connectivity index (χ0v) is 9.35. The normalized spacial score (nSPS) is 13.2. The van der Waals surface area contributed by atoms with Crippen LogP contribution in [0.15, 0.2) is 0 Å². The molecule has 0 spiro atoms. The van der Waals surface area contributed by atoms with Crippen molar-refractivity contribution in [2.45, 2.75) is 65.2 Å². The Kier molecular flexibility index (Phi) is 10.0. The number of hydrogen-bond donors (Lipinski definition) is 0. The molecule has 1 heteroatoms. The summed E-state index contributed by atoms with van der Waals surface area (Å²) in [5, 5.41) is 10.3. The minimum atomic E-state index is 0.118. The Morgan fingerprint density at radius 3 is 2.08 bits per heavy atom. The molecule has 1 unspecified atom stereocenters. The van der Waals surface area contributed by atoms with Gasteiger partial charge in [-0.3, -0.25) is 0 Å². The third-order valence-electron chi connectivity index (χ3n) is 2.67. The van der Waals surface area contributed by atoms with Gasteiger partial charge < -0.3 is 0 Å². The van der Waals surface area contributed by atoms with Gasteiger partial charge in [0.05, 0.1) is 6.61 Å². The summed E-state index contributed by atoms with van der Waals surface area (Å²) in [6.07, 6.45) is 10.0. The van der Waals surface area contributed by atoms with Crippen molar-refractivity contribution in [1.82, 2.24) is 0 Å². The molecule has 1 atom stereocenters. The minimum absolute atomic E-state index is 0.118. The Morgan fingerprint density at radius 1 is 0.846 bits per heavy atom. The summed E-state index contributed by atoms with van der Waals surface area (Å²) in [7, 11) is 0. The highest BCUT2D eigenvalue weighted by Gasteiger charge is 2.06.